The third kappa shape index (κ3) is 7.45. The molecular formula is C24H32O4. The molecule has 0 aromatic heterocycles. The van der Waals surface area contributed by atoms with E-state index in [4.69, 9.17) is 14.2 Å². The molecule has 2 aromatic rings. The van der Waals surface area contributed by atoms with Crippen LogP contribution in [0.15, 0.2) is 54.6 Å². The number of ether oxygens (including phenoxy) is 3. The first-order chi connectivity index (χ1) is 13.5. The van der Waals surface area contributed by atoms with Crippen LogP contribution in [0.25, 0.3) is 0 Å². The first-order valence-corrected chi connectivity index (χ1v) is 9.89. The number of benzene rings is 2. The highest BCUT2D eigenvalue weighted by Crippen LogP contribution is 2.19. The molecule has 0 fully saturated rings. The van der Waals surface area contributed by atoms with Crippen molar-refractivity contribution < 1.29 is 19.0 Å². The molecule has 28 heavy (non-hydrogen) atoms. The number of esters is 1. The summed E-state index contributed by atoms with van der Waals surface area (Å²) in [6.07, 6.45) is 0.485. The second-order valence-corrected chi connectivity index (χ2v) is 7.44. The zero-order valence-corrected chi connectivity index (χ0v) is 17.4. The largest absolute Gasteiger partial charge is 0.465 e. The van der Waals surface area contributed by atoms with E-state index in [1.165, 1.54) is 0 Å². The predicted octanol–water partition coefficient (Wildman–Crippen LogP) is 5.28. The Bertz CT molecular complexity index is 696. The number of rotatable bonds is 11. The molecule has 4 heteroatoms. The van der Waals surface area contributed by atoms with E-state index in [1.54, 1.807) is 7.11 Å². The fraction of sp³-hybridized carbons (Fsp3) is 0.458. The molecule has 3 atom stereocenters. The number of carbonyl (C=O) groups excluding carboxylic acids is 1. The highest BCUT2D eigenvalue weighted by molar-refractivity contribution is 5.70. The number of methoxy groups -OCH3 is 1. The molecule has 0 saturated heterocycles. The quantitative estimate of drug-likeness (QED) is 0.494. The van der Waals surface area contributed by atoms with Crippen molar-refractivity contribution in [1.29, 1.82) is 0 Å². The van der Waals surface area contributed by atoms with Crippen molar-refractivity contribution in [3.63, 3.8) is 0 Å². The Morgan fingerprint density at radius 1 is 0.893 bits per heavy atom. The first kappa shape index (κ1) is 22.1. The van der Waals surface area contributed by atoms with Gasteiger partial charge < -0.3 is 14.2 Å². The monoisotopic (exact) mass is 384 g/mol. The Kier molecular flexibility index (Phi) is 9.18. The van der Waals surface area contributed by atoms with Crippen LogP contribution < -0.4 is 0 Å². The minimum Gasteiger partial charge on any atom is -0.465 e. The van der Waals surface area contributed by atoms with Gasteiger partial charge in [0.05, 0.1) is 32.3 Å². The van der Waals surface area contributed by atoms with Crippen molar-refractivity contribution >= 4 is 5.97 Å². The van der Waals surface area contributed by atoms with Gasteiger partial charge >= 0.3 is 5.97 Å². The molecule has 0 saturated carbocycles. The second-order valence-electron chi connectivity index (χ2n) is 7.44. The summed E-state index contributed by atoms with van der Waals surface area (Å²) < 4.78 is 16.5. The van der Waals surface area contributed by atoms with Crippen molar-refractivity contribution in [2.75, 3.05) is 20.3 Å². The maximum atomic E-state index is 12.1. The zero-order valence-electron chi connectivity index (χ0n) is 17.4. The Morgan fingerprint density at radius 3 is 2.21 bits per heavy atom. The minimum atomic E-state index is -0.161. The van der Waals surface area contributed by atoms with Crippen LogP contribution in [0.2, 0.25) is 0 Å². The number of hydrogen-bond donors (Lipinski definition) is 0. The molecule has 0 amide bonds. The average molecular weight is 385 g/mol. The fourth-order valence-corrected chi connectivity index (χ4v) is 2.89. The van der Waals surface area contributed by atoms with Crippen LogP contribution in [0.1, 0.15) is 55.9 Å². The van der Waals surface area contributed by atoms with Gasteiger partial charge in [0.1, 0.15) is 0 Å². The summed E-state index contributed by atoms with van der Waals surface area (Å²) in [6, 6.07) is 18.3. The van der Waals surface area contributed by atoms with Crippen molar-refractivity contribution in [1.82, 2.24) is 0 Å². The minimum absolute atomic E-state index is 0.0919. The molecule has 2 aromatic carbocycles. The lowest BCUT2D eigenvalue weighted by atomic mass is 9.98. The van der Waals surface area contributed by atoms with Crippen LogP contribution in [0.3, 0.4) is 0 Å². The van der Waals surface area contributed by atoms with E-state index < -0.39 is 0 Å². The van der Waals surface area contributed by atoms with Gasteiger partial charge in [-0.25, -0.2) is 0 Å². The smallest absolute Gasteiger partial charge is 0.306 e. The molecule has 0 spiro atoms. The Morgan fingerprint density at radius 2 is 1.57 bits per heavy atom. The van der Waals surface area contributed by atoms with E-state index in [0.717, 1.165) is 16.7 Å². The summed E-state index contributed by atoms with van der Waals surface area (Å²) in [5.41, 5.74) is 3.42. The van der Waals surface area contributed by atoms with E-state index in [1.807, 2.05) is 51.1 Å². The van der Waals surface area contributed by atoms with Crippen LogP contribution in [-0.4, -0.2) is 26.3 Å². The SMILES string of the molecule is COC(C)c1ccc(COCC(C)COC(=O)CC(C)c2ccccc2)cc1. The molecule has 0 bridgehead atoms. The van der Waals surface area contributed by atoms with E-state index in [2.05, 4.69) is 24.3 Å². The van der Waals surface area contributed by atoms with Gasteiger partial charge in [-0.15, -0.1) is 0 Å². The van der Waals surface area contributed by atoms with Crippen molar-refractivity contribution in [3.8, 4) is 0 Å². The van der Waals surface area contributed by atoms with Gasteiger partial charge in [-0.05, 0) is 29.5 Å². The zero-order chi connectivity index (χ0) is 20.4. The highest BCUT2D eigenvalue weighted by Gasteiger charge is 2.13. The number of hydrogen-bond acceptors (Lipinski definition) is 4. The van der Waals surface area contributed by atoms with Gasteiger partial charge in [-0.2, -0.15) is 0 Å². The summed E-state index contributed by atoms with van der Waals surface area (Å²) in [7, 11) is 1.71. The van der Waals surface area contributed by atoms with Crippen LogP contribution >= 0.6 is 0 Å². The maximum absolute atomic E-state index is 12.1. The van der Waals surface area contributed by atoms with Gasteiger partial charge in [0.15, 0.2) is 0 Å². The van der Waals surface area contributed by atoms with Gasteiger partial charge in [0.25, 0.3) is 0 Å². The van der Waals surface area contributed by atoms with E-state index in [9.17, 15) is 4.79 Å². The molecule has 2 rings (SSSR count). The first-order valence-electron chi connectivity index (χ1n) is 9.89. The number of carbonyl (C=O) groups is 1. The average Bonchev–Trinajstić information content (AvgIpc) is 2.72. The Balaban J connectivity index is 1.64. The third-order valence-electron chi connectivity index (χ3n) is 4.84. The van der Waals surface area contributed by atoms with Crippen molar-refractivity contribution in [2.45, 2.75) is 45.8 Å². The van der Waals surface area contributed by atoms with E-state index in [-0.39, 0.29) is 23.9 Å². The lowest BCUT2D eigenvalue weighted by molar-refractivity contribution is -0.145. The molecule has 152 valence electrons. The lowest BCUT2D eigenvalue weighted by Crippen LogP contribution is -2.17. The predicted molar refractivity (Wildman–Crippen MR) is 111 cm³/mol. The topological polar surface area (TPSA) is 44.8 Å². The summed E-state index contributed by atoms with van der Waals surface area (Å²) in [5.74, 6) is 0.152. The van der Waals surface area contributed by atoms with Crippen LogP contribution in [-0.2, 0) is 25.6 Å². The molecule has 0 N–H and O–H groups in total. The van der Waals surface area contributed by atoms with Crippen molar-refractivity contribution in [3.05, 3.63) is 71.3 Å². The lowest BCUT2D eigenvalue weighted by Gasteiger charge is -2.15. The molecule has 0 aliphatic carbocycles. The van der Waals surface area contributed by atoms with Crippen LogP contribution in [0.4, 0.5) is 0 Å². The standard InChI is InChI=1S/C24H32O4/c1-18(15-27-17-21-10-12-23(13-11-21)20(3)26-4)16-28-24(25)14-19(2)22-8-6-5-7-9-22/h5-13,18-20H,14-17H2,1-4H3. The van der Waals surface area contributed by atoms with E-state index in [0.29, 0.717) is 26.2 Å². The summed E-state index contributed by atoms with van der Waals surface area (Å²) in [6.45, 7) is 7.57. The summed E-state index contributed by atoms with van der Waals surface area (Å²) in [4.78, 5) is 12.1. The van der Waals surface area contributed by atoms with Gasteiger partial charge in [0, 0.05) is 13.0 Å². The fourth-order valence-electron chi connectivity index (χ4n) is 2.89. The van der Waals surface area contributed by atoms with Gasteiger partial charge in [-0.1, -0.05) is 68.4 Å². The van der Waals surface area contributed by atoms with Crippen LogP contribution in [0, 0.1) is 5.92 Å². The molecule has 0 heterocycles. The normalized spacial score (nSPS) is 14.3. The molecule has 0 aliphatic rings. The molecule has 0 aliphatic heterocycles. The molecular weight excluding hydrogens is 352 g/mol. The van der Waals surface area contributed by atoms with E-state index >= 15 is 0 Å². The summed E-state index contributed by atoms with van der Waals surface area (Å²) >= 11 is 0. The highest BCUT2D eigenvalue weighted by atomic mass is 16.5. The molecule has 3 unspecified atom stereocenters. The Labute approximate surface area is 168 Å². The Hall–Kier alpha value is -2.17. The maximum Gasteiger partial charge on any atom is 0.306 e. The van der Waals surface area contributed by atoms with Gasteiger partial charge in [-0.3, -0.25) is 4.79 Å². The second kappa shape index (κ2) is 11.6. The van der Waals surface area contributed by atoms with Crippen LogP contribution in [0.5, 0.6) is 0 Å². The third-order valence-corrected chi connectivity index (χ3v) is 4.84. The van der Waals surface area contributed by atoms with Crippen molar-refractivity contribution in [2.24, 2.45) is 5.92 Å². The molecule has 4 nitrogen and oxygen atoms in total. The van der Waals surface area contributed by atoms with Gasteiger partial charge in [0.2, 0.25) is 0 Å². The summed E-state index contributed by atoms with van der Waals surface area (Å²) in [5, 5.41) is 0. The molecule has 0 radical (unpaired) electrons.